The molecule has 0 atom stereocenters. The Labute approximate surface area is 95.5 Å². The van der Waals surface area contributed by atoms with Gasteiger partial charge in [0.2, 0.25) is 0 Å². The third kappa shape index (κ3) is 2.39. The van der Waals surface area contributed by atoms with Crippen molar-refractivity contribution in [2.75, 3.05) is 0 Å². The number of fused-ring (bicyclic) bond motifs is 1. The molecule has 0 unspecified atom stereocenters. The first-order chi connectivity index (χ1) is 7.56. The lowest BCUT2D eigenvalue weighted by atomic mass is 10.1. The number of hydrogen-bond acceptors (Lipinski definition) is 2. The van der Waals surface area contributed by atoms with Crippen molar-refractivity contribution in [3.05, 3.63) is 42.1 Å². The Morgan fingerprint density at radius 1 is 1.19 bits per heavy atom. The van der Waals surface area contributed by atoms with E-state index in [0.717, 1.165) is 16.5 Å². The first-order valence-corrected chi connectivity index (χ1v) is 5.22. The molecule has 0 bridgehead atoms. The van der Waals surface area contributed by atoms with Crippen LogP contribution < -0.4 is 5.73 Å². The van der Waals surface area contributed by atoms with Gasteiger partial charge in [-0.05, 0) is 26.0 Å². The second-order valence-corrected chi connectivity index (χ2v) is 4.35. The van der Waals surface area contributed by atoms with E-state index < -0.39 is 5.54 Å². The maximum absolute atomic E-state index is 5.83. The Morgan fingerprint density at radius 2 is 1.94 bits per heavy atom. The van der Waals surface area contributed by atoms with Crippen molar-refractivity contribution in [2.45, 2.75) is 19.4 Å². The van der Waals surface area contributed by atoms with E-state index in [0.29, 0.717) is 0 Å². The lowest BCUT2D eigenvalue weighted by Crippen LogP contribution is -2.29. The van der Waals surface area contributed by atoms with Gasteiger partial charge in [-0.25, -0.2) is 0 Å². The summed E-state index contributed by atoms with van der Waals surface area (Å²) in [6.07, 6.45) is 1.78. The summed E-state index contributed by atoms with van der Waals surface area (Å²) in [5.74, 6) is 6.11. The number of rotatable bonds is 0. The van der Waals surface area contributed by atoms with Gasteiger partial charge in [-0.15, -0.1) is 0 Å². The molecule has 2 aromatic rings. The van der Waals surface area contributed by atoms with Crippen LogP contribution in [-0.2, 0) is 0 Å². The van der Waals surface area contributed by atoms with Crippen molar-refractivity contribution in [3.8, 4) is 11.8 Å². The van der Waals surface area contributed by atoms with Gasteiger partial charge in [-0.3, -0.25) is 4.98 Å². The van der Waals surface area contributed by atoms with Crippen molar-refractivity contribution in [1.29, 1.82) is 0 Å². The van der Waals surface area contributed by atoms with Crippen LogP contribution in [0.4, 0.5) is 0 Å². The summed E-state index contributed by atoms with van der Waals surface area (Å²) in [7, 11) is 0. The van der Waals surface area contributed by atoms with E-state index in [1.54, 1.807) is 6.20 Å². The largest absolute Gasteiger partial charge is 0.316 e. The highest BCUT2D eigenvalue weighted by Crippen LogP contribution is 2.14. The van der Waals surface area contributed by atoms with Crippen LogP contribution in [-0.4, -0.2) is 10.5 Å². The average Bonchev–Trinajstić information content (AvgIpc) is 2.25. The normalized spacial score (nSPS) is 10.9. The molecule has 0 amide bonds. The molecular weight excluding hydrogens is 196 g/mol. The van der Waals surface area contributed by atoms with Gasteiger partial charge in [0.05, 0.1) is 16.6 Å². The molecule has 0 saturated carbocycles. The number of nitrogens with zero attached hydrogens (tertiary/aromatic N) is 1. The Bertz CT molecular complexity index is 563. The van der Waals surface area contributed by atoms with Crippen molar-refractivity contribution in [1.82, 2.24) is 4.98 Å². The van der Waals surface area contributed by atoms with E-state index in [4.69, 9.17) is 5.73 Å². The first-order valence-electron chi connectivity index (χ1n) is 5.22. The van der Waals surface area contributed by atoms with Gasteiger partial charge >= 0.3 is 0 Å². The number of hydrogen-bond donors (Lipinski definition) is 1. The minimum atomic E-state index is -0.475. The molecule has 0 aliphatic heterocycles. The second kappa shape index (κ2) is 3.96. The van der Waals surface area contributed by atoms with Crippen molar-refractivity contribution < 1.29 is 0 Å². The van der Waals surface area contributed by atoms with Crippen LogP contribution >= 0.6 is 0 Å². The summed E-state index contributed by atoms with van der Waals surface area (Å²) in [5, 5.41) is 1.10. The Balaban J connectivity index is 2.56. The van der Waals surface area contributed by atoms with Gasteiger partial charge in [0.25, 0.3) is 0 Å². The summed E-state index contributed by atoms with van der Waals surface area (Å²) in [6, 6.07) is 9.93. The van der Waals surface area contributed by atoms with Crippen LogP contribution in [0.2, 0.25) is 0 Å². The molecule has 2 N–H and O–H groups in total. The summed E-state index contributed by atoms with van der Waals surface area (Å²) in [4.78, 5) is 4.34. The predicted molar refractivity (Wildman–Crippen MR) is 66.9 cm³/mol. The molecule has 16 heavy (non-hydrogen) atoms. The van der Waals surface area contributed by atoms with E-state index in [2.05, 4.69) is 16.8 Å². The fourth-order valence-electron chi connectivity index (χ4n) is 1.43. The highest BCUT2D eigenvalue weighted by atomic mass is 14.7. The lowest BCUT2D eigenvalue weighted by molar-refractivity contribution is 0.680. The third-order valence-electron chi connectivity index (χ3n) is 2.15. The summed E-state index contributed by atoms with van der Waals surface area (Å²) < 4.78 is 0. The third-order valence-corrected chi connectivity index (χ3v) is 2.15. The number of para-hydroxylation sites is 1. The maximum Gasteiger partial charge on any atom is 0.0858 e. The van der Waals surface area contributed by atoms with Crippen LogP contribution in [0, 0.1) is 11.8 Å². The fourth-order valence-corrected chi connectivity index (χ4v) is 1.43. The molecule has 1 aromatic carbocycles. The zero-order valence-corrected chi connectivity index (χ0v) is 9.49. The summed E-state index contributed by atoms with van der Waals surface area (Å²) in [6.45, 7) is 3.77. The Hall–Kier alpha value is -1.85. The highest BCUT2D eigenvalue weighted by molar-refractivity contribution is 5.84. The standard InChI is InChI=1S/C14H14N2/c1-14(2,15)9-8-12-6-3-5-11-7-4-10-16-13(11)12/h3-7,10H,15H2,1-2H3. The molecule has 0 aliphatic carbocycles. The van der Waals surface area contributed by atoms with Crippen LogP contribution in [0.3, 0.4) is 0 Å². The van der Waals surface area contributed by atoms with Gasteiger partial charge in [0.15, 0.2) is 0 Å². The monoisotopic (exact) mass is 210 g/mol. The van der Waals surface area contributed by atoms with Crippen LogP contribution in [0.1, 0.15) is 19.4 Å². The molecule has 2 rings (SSSR count). The summed E-state index contributed by atoms with van der Waals surface area (Å²) >= 11 is 0. The molecule has 1 heterocycles. The van der Waals surface area contributed by atoms with Crippen molar-refractivity contribution >= 4 is 10.9 Å². The van der Waals surface area contributed by atoms with E-state index in [1.165, 1.54) is 0 Å². The van der Waals surface area contributed by atoms with Gasteiger partial charge in [0, 0.05) is 11.6 Å². The number of nitrogens with two attached hydrogens (primary N) is 1. The SMILES string of the molecule is CC(C)(N)C#Cc1cccc2cccnc12. The first kappa shape index (κ1) is 10.7. The van der Waals surface area contributed by atoms with Gasteiger partial charge in [-0.1, -0.05) is 30.0 Å². The minimum absolute atomic E-state index is 0.475. The number of aromatic nitrogens is 1. The van der Waals surface area contributed by atoms with E-state index in [9.17, 15) is 0 Å². The van der Waals surface area contributed by atoms with E-state index in [1.807, 2.05) is 44.2 Å². The average molecular weight is 210 g/mol. The Morgan fingerprint density at radius 3 is 2.69 bits per heavy atom. The maximum atomic E-state index is 5.83. The molecule has 0 spiro atoms. The van der Waals surface area contributed by atoms with Crippen molar-refractivity contribution in [2.24, 2.45) is 5.73 Å². The zero-order valence-electron chi connectivity index (χ0n) is 9.49. The molecule has 0 aliphatic rings. The van der Waals surface area contributed by atoms with Crippen LogP contribution in [0.15, 0.2) is 36.5 Å². The van der Waals surface area contributed by atoms with Gasteiger partial charge in [-0.2, -0.15) is 0 Å². The zero-order chi connectivity index (χ0) is 11.6. The predicted octanol–water partition coefficient (Wildman–Crippen LogP) is 2.32. The van der Waals surface area contributed by atoms with Crippen LogP contribution in [0.5, 0.6) is 0 Å². The quantitative estimate of drug-likeness (QED) is 0.678. The Kier molecular flexibility index (Phi) is 2.64. The lowest BCUT2D eigenvalue weighted by Gasteiger charge is -2.07. The minimum Gasteiger partial charge on any atom is -0.316 e. The highest BCUT2D eigenvalue weighted by Gasteiger charge is 2.04. The molecule has 2 heteroatoms. The van der Waals surface area contributed by atoms with Gasteiger partial charge < -0.3 is 5.73 Å². The van der Waals surface area contributed by atoms with Gasteiger partial charge in [0.1, 0.15) is 0 Å². The van der Waals surface area contributed by atoms with E-state index in [-0.39, 0.29) is 0 Å². The summed E-state index contributed by atoms with van der Waals surface area (Å²) in [5.41, 5.74) is 7.22. The fraction of sp³-hybridized carbons (Fsp3) is 0.214. The van der Waals surface area contributed by atoms with E-state index >= 15 is 0 Å². The molecule has 0 radical (unpaired) electrons. The molecule has 1 aromatic heterocycles. The van der Waals surface area contributed by atoms with Crippen molar-refractivity contribution in [3.63, 3.8) is 0 Å². The molecule has 80 valence electrons. The second-order valence-electron chi connectivity index (χ2n) is 4.35. The number of benzene rings is 1. The smallest absolute Gasteiger partial charge is 0.0858 e. The molecule has 0 saturated heterocycles. The number of pyridine rings is 1. The molecule has 2 nitrogen and oxygen atoms in total. The molecule has 0 fully saturated rings. The van der Waals surface area contributed by atoms with Crippen LogP contribution in [0.25, 0.3) is 10.9 Å². The molecular formula is C14H14N2. The topological polar surface area (TPSA) is 38.9 Å².